The van der Waals surface area contributed by atoms with Crippen molar-refractivity contribution < 1.29 is 4.42 Å². The van der Waals surface area contributed by atoms with Gasteiger partial charge in [-0.2, -0.15) is 0 Å². The van der Waals surface area contributed by atoms with Gasteiger partial charge < -0.3 is 4.42 Å². The number of nitrogens with one attached hydrogen (secondary N) is 1. The van der Waals surface area contributed by atoms with Crippen LogP contribution in [0.25, 0.3) is 0 Å². The highest BCUT2D eigenvalue weighted by atomic mass is 16.3. The lowest BCUT2D eigenvalue weighted by atomic mass is 10.1. The summed E-state index contributed by atoms with van der Waals surface area (Å²) in [5, 5.41) is 0. The summed E-state index contributed by atoms with van der Waals surface area (Å²) in [6, 6.07) is 1.69. The Kier molecular flexibility index (Phi) is 2.75. The van der Waals surface area contributed by atoms with E-state index in [9.17, 15) is 0 Å². The second-order valence-corrected chi connectivity index (χ2v) is 3.24. The maximum atomic E-state index is 5.50. The zero-order chi connectivity index (χ0) is 10.7. The van der Waals surface area contributed by atoms with E-state index >= 15 is 0 Å². The van der Waals surface area contributed by atoms with Crippen molar-refractivity contribution in [3.05, 3.63) is 47.9 Å². The smallest absolute Gasteiger partial charge is 0.129 e. The molecule has 3 N–H and O–H groups in total. The minimum Gasteiger partial charge on any atom is -0.467 e. The van der Waals surface area contributed by atoms with Gasteiger partial charge in [-0.1, -0.05) is 0 Å². The summed E-state index contributed by atoms with van der Waals surface area (Å²) >= 11 is 0. The first-order valence-corrected chi connectivity index (χ1v) is 4.58. The first-order chi connectivity index (χ1) is 7.33. The largest absolute Gasteiger partial charge is 0.467 e. The molecule has 78 valence electrons. The molecule has 0 aliphatic heterocycles. The third-order valence-corrected chi connectivity index (χ3v) is 2.24. The average molecular weight is 204 g/mol. The first-order valence-electron chi connectivity index (χ1n) is 4.58. The van der Waals surface area contributed by atoms with Gasteiger partial charge in [0.25, 0.3) is 0 Å². The molecule has 15 heavy (non-hydrogen) atoms. The van der Waals surface area contributed by atoms with Crippen LogP contribution in [-0.2, 0) is 0 Å². The van der Waals surface area contributed by atoms with Crippen molar-refractivity contribution in [1.82, 2.24) is 15.4 Å². The standard InChI is InChI=1S/C10H12N4O/c1-7-2-3-15-10(7)9(14-11)8-4-12-6-13-5-8/h2-6,9,14H,11H2,1H3. The summed E-state index contributed by atoms with van der Waals surface area (Å²) in [5.74, 6) is 6.28. The Morgan fingerprint density at radius 2 is 2.13 bits per heavy atom. The summed E-state index contributed by atoms with van der Waals surface area (Å²) in [5.41, 5.74) is 4.60. The summed E-state index contributed by atoms with van der Waals surface area (Å²) in [7, 11) is 0. The van der Waals surface area contributed by atoms with Crippen molar-refractivity contribution in [2.75, 3.05) is 0 Å². The molecule has 0 aromatic carbocycles. The van der Waals surface area contributed by atoms with Crippen molar-refractivity contribution in [3.8, 4) is 0 Å². The third kappa shape index (κ3) is 1.88. The van der Waals surface area contributed by atoms with Crippen LogP contribution in [-0.4, -0.2) is 9.97 Å². The number of nitrogens with zero attached hydrogens (tertiary/aromatic N) is 2. The maximum absolute atomic E-state index is 5.50. The summed E-state index contributed by atoms with van der Waals surface area (Å²) in [6.07, 6.45) is 6.53. The molecule has 0 saturated carbocycles. The second kappa shape index (κ2) is 4.20. The molecule has 2 aromatic heterocycles. The molecule has 0 radical (unpaired) electrons. The van der Waals surface area contributed by atoms with Gasteiger partial charge in [0, 0.05) is 18.0 Å². The first kappa shape index (κ1) is 9.82. The number of hydrogen-bond acceptors (Lipinski definition) is 5. The Balaban J connectivity index is 2.37. The predicted molar refractivity (Wildman–Crippen MR) is 54.6 cm³/mol. The molecule has 1 atom stereocenters. The molecule has 5 nitrogen and oxygen atoms in total. The number of furan rings is 1. The Morgan fingerprint density at radius 3 is 2.67 bits per heavy atom. The summed E-state index contributed by atoms with van der Waals surface area (Å²) < 4.78 is 5.37. The number of aryl methyl sites for hydroxylation is 1. The molecule has 0 saturated heterocycles. The van der Waals surface area contributed by atoms with E-state index in [0.717, 1.165) is 16.9 Å². The van der Waals surface area contributed by atoms with E-state index in [4.69, 9.17) is 10.3 Å². The van der Waals surface area contributed by atoms with E-state index in [1.165, 1.54) is 6.33 Å². The highest BCUT2D eigenvalue weighted by Crippen LogP contribution is 2.23. The van der Waals surface area contributed by atoms with Gasteiger partial charge in [0.15, 0.2) is 0 Å². The fourth-order valence-corrected chi connectivity index (χ4v) is 1.46. The number of hydrogen-bond donors (Lipinski definition) is 2. The van der Waals surface area contributed by atoms with Gasteiger partial charge in [-0.15, -0.1) is 0 Å². The molecular weight excluding hydrogens is 192 g/mol. The molecule has 2 heterocycles. The predicted octanol–water partition coefficient (Wildman–Crippen LogP) is 0.931. The molecule has 1 unspecified atom stereocenters. The minimum absolute atomic E-state index is 0.207. The Bertz CT molecular complexity index is 426. The van der Waals surface area contributed by atoms with E-state index in [2.05, 4.69) is 15.4 Å². The van der Waals surface area contributed by atoms with E-state index in [1.807, 2.05) is 13.0 Å². The molecule has 5 heteroatoms. The quantitative estimate of drug-likeness (QED) is 0.574. The van der Waals surface area contributed by atoms with Gasteiger partial charge >= 0.3 is 0 Å². The average Bonchev–Trinajstić information content (AvgIpc) is 2.68. The van der Waals surface area contributed by atoms with Crippen LogP contribution < -0.4 is 11.3 Å². The van der Waals surface area contributed by atoms with E-state index < -0.39 is 0 Å². The summed E-state index contributed by atoms with van der Waals surface area (Å²) in [4.78, 5) is 7.89. The van der Waals surface area contributed by atoms with Gasteiger partial charge in [0.05, 0.1) is 6.26 Å². The van der Waals surface area contributed by atoms with Gasteiger partial charge in [0.2, 0.25) is 0 Å². The zero-order valence-electron chi connectivity index (χ0n) is 8.34. The highest BCUT2D eigenvalue weighted by molar-refractivity contribution is 5.27. The fraction of sp³-hybridized carbons (Fsp3) is 0.200. The van der Waals surface area contributed by atoms with Crippen LogP contribution in [0.4, 0.5) is 0 Å². The lowest BCUT2D eigenvalue weighted by molar-refractivity contribution is 0.448. The van der Waals surface area contributed by atoms with E-state index in [0.29, 0.717) is 0 Å². The number of hydrazine groups is 1. The molecule has 0 bridgehead atoms. The van der Waals surface area contributed by atoms with Gasteiger partial charge in [-0.3, -0.25) is 5.84 Å². The normalized spacial score (nSPS) is 12.7. The van der Waals surface area contributed by atoms with Crippen LogP contribution >= 0.6 is 0 Å². The second-order valence-electron chi connectivity index (χ2n) is 3.24. The number of rotatable bonds is 3. The van der Waals surface area contributed by atoms with E-state index in [1.54, 1.807) is 18.7 Å². The third-order valence-electron chi connectivity index (χ3n) is 2.24. The SMILES string of the molecule is Cc1ccoc1C(NN)c1cncnc1. The highest BCUT2D eigenvalue weighted by Gasteiger charge is 2.17. The van der Waals surface area contributed by atoms with Crippen molar-refractivity contribution in [1.29, 1.82) is 0 Å². The molecular formula is C10H12N4O. The molecule has 2 aromatic rings. The number of aromatic nitrogens is 2. The molecule has 2 rings (SSSR count). The van der Waals surface area contributed by atoms with Crippen LogP contribution in [0.2, 0.25) is 0 Å². The maximum Gasteiger partial charge on any atom is 0.129 e. The van der Waals surface area contributed by atoms with Crippen LogP contribution in [0.5, 0.6) is 0 Å². The van der Waals surface area contributed by atoms with Gasteiger partial charge in [-0.05, 0) is 18.6 Å². The Labute approximate surface area is 87.3 Å². The van der Waals surface area contributed by atoms with Crippen molar-refractivity contribution in [3.63, 3.8) is 0 Å². The lowest BCUT2D eigenvalue weighted by Crippen LogP contribution is -2.29. The molecule has 0 aliphatic carbocycles. The fourth-order valence-electron chi connectivity index (χ4n) is 1.46. The molecule has 0 spiro atoms. The minimum atomic E-state index is -0.207. The monoisotopic (exact) mass is 204 g/mol. The van der Waals surface area contributed by atoms with Crippen molar-refractivity contribution in [2.45, 2.75) is 13.0 Å². The van der Waals surface area contributed by atoms with Crippen LogP contribution in [0.3, 0.4) is 0 Å². The lowest BCUT2D eigenvalue weighted by Gasteiger charge is -2.13. The zero-order valence-corrected chi connectivity index (χ0v) is 8.34. The van der Waals surface area contributed by atoms with E-state index in [-0.39, 0.29) is 6.04 Å². The van der Waals surface area contributed by atoms with Crippen LogP contribution in [0.1, 0.15) is 22.9 Å². The summed E-state index contributed by atoms with van der Waals surface area (Å²) in [6.45, 7) is 1.97. The van der Waals surface area contributed by atoms with Gasteiger partial charge in [0.1, 0.15) is 18.1 Å². The van der Waals surface area contributed by atoms with Crippen molar-refractivity contribution >= 4 is 0 Å². The van der Waals surface area contributed by atoms with Crippen LogP contribution in [0, 0.1) is 6.92 Å². The molecule has 0 amide bonds. The van der Waals surface area contributed by atoms with Crippen molar-refractivity contribution in [2.24, 2.45) is 5.84 Å². The van der Waals surface area contributed by atoms with Crippen LogP contribution in [0.15, 0.2) is 35.5 Å². The Hall–Kier alpha value is -1.72. The molecule has 0 fully saturated rings. The number of nitrogens with two attached hydrogens (primary N) is 1. The Morgan fingerprint density at radius 1 is 1.40 bits per heavy atom. The topological polar surface area (TPSA) is 77.0 Å². The molecule has 0 aliphatic rings. The van der Waals surface area contributed by atoms with Gasteiger partial charge in [-0.25, -0.2) is 15.4 Å².